The van der Waals surface area contributed by atoms with Gasteiger partial charge in [-0.1, -0.05) is 72.8 Å². The standard InChI is InChI=1S/C25H24O6S/c1-2-30-25(27)23(21-11-7-4-8-12-21)31-24(26)22-15-13-20(14-16-22)18-32(28,29)17-19-9-5-3-6-10-19/h3-16,23H,2,17-18H2,1H3. The lowest BCUT2D eigenvalue weighted by Crippen LogP contribution is -2.22. The van der Waals surface area contributed by atoms with E-state index in [2.05, 4.69) is 0 Å². The average molecular weight is 453 g/mol. The second-order valence-electron chi connectivity index (χ2n) is 7.16. The van der Waals surface area contributed by atoms with Crippen LogP contribution in [-0.2, 0) is 35.6 Å². The minimum atomic E-state index is -3.37. The maximum Gasteiger partial charge on any atom is 0.352 e. The molecule has 0 heterocycles. The van der Waals surface area contributed by atoms with Crippen molar-refractivity contribution in [3.63, 3.8) is 0 Å². The molecule has 0 aromatic heterocycles. The molecule has 0 aliphatic carbocycles. The molecule has 0 fully saturated rings. The van der Waals surface area contributed by atoms with Crippen molar-refractivity contribution < 1.29 is 27.5 Å². The molecule has 3 rings (SSSR count). The smallest absolute Gasteiger partial charge is 0.352 e. The Morgan fingerprint density at radius 2 is 1.31 bits per heavy atom. The number of sulfone groups is 1. The SMILES string of the molecule is CCOC(=O)C(OC(=O)c1ccc(CS(=O)(=O)Cc2ccccc2)cc1)c1ccccc1. The van der Waals surface area contributed by atoms with Gasteiger partial charge >= 0.3 is 11.9 Å². The molecule has 0 aliphatic rings. The van der Waals surface area contributed by atoms with Gasteiger partial charge in [0.05, 0.1) is 23.7 Å². The summed E-state index contributed by atoms with van der Waals surface area (Å²) in [5.74, 6) is -1.57. The van der Waals surface area contributed by atoms with Crippen molar-refractivity contribution in [1.82, 2.24) is 0 Å². The van der Waals surface area contributed by atoms with Gasteiger partial charge in [0.25, 0.3) is 0 Å². The Kier molecular flexibility index (Phi) is 7.78. The lowest BCUT2D eigenvalue weighted by atomic mass is 10.1. The van der Waals surface area contributed by atoms with Crippen LogP contribution in [0.5, 0.6) is 0 Å². The van der Waals surface area contributed by atoms with E-state index in [4.69, 9.17) is 9.47 Å². The second-order valence-corrected chi connectivity index (χ2v) is 9.23. The summed E-state index contributed by atoms with van der Waals surface area (Å²) in [6, 6.07) is 23.7. The molecule has 166 valence electrons. The summed E-state index contributed by atoms with van der Waals surface area (Å²) in [5.41, 5.74) is 1.99. The molecule has 0 saturated heterocycles. The lowest BCUT2D eigenvalue weighted by Gasteiger charge is -2.17. The highest BCUT2D eigenvalue weighted by molar-refractivity contribution is 7.89. The van der Waals surface area contributed by atoms with E-state index < -0.39 is 27.9 Å². The van der Waals surface area contributed by atoms with E-state index in [9.17, 15) is 18.0 Å². The molecule has 6 nitrogen and oxygen atoms in total. The first-order valence-corrected chi connectivity index (χ1v) is 12.0. The topological polar surface area (TPSA) is 86.7 Å². The van der Waals surface area contributed by atoms with Gasteiger partial charge in [-0.2, -0.15) is 0 Å². The Hall–Kier alpha value is -3.45. The Morgan fingerprint density at radius 3 is 1.88 bits per heavy atom. The monoisotopic (exact) mass is 452 g/mol. The molecule has 3 aromatic carbocycles. The van der Waals surface area contributed by atoms with E-state index >= 15 is 0 Å². The molecule has 0 amide bonds. The number of esters is 2. The van der Waals surface area contributed by atoms with Crippen molar-refractivity contribution in [3.05, 3.63) is 107 Å². The number of carbonyl (C=O) groups excluding carboxylic acids is 2. The molecule has 0 radical (unpaired) electrons. The van der Waals surface area contributed by atoms with Crippen LogP contribution in [0.2, 0.25) is 0 Å². The van der Waals surface area contributed by atoms with E-state index in [-0.39, 0.29) is 23.7 Å². The Morgan fingerprint density at radius 1 is 0.781 bits per heavy atom. The zero-order valence-corrected chi connectivity index (χ0v) is 18.5. The van der Waals surface area contributed by atoms with Gasteiger partial charge in [-0.05, 0) is 30.2 Å². The first-order valence-electron chi connectivity index (χ1n) is 10.1. The van der Waals surface area contributed by atoms with Gasteiger partial charge in [-0.25, -0.2) is 18.0 Å². The van der Waals surface area contributed by atoms with Gasteiger partial charge in [-0.3, -0.25) is 0 Å². The predicted molar refractivity (Wildman–Crippen MR) is 120 cm³/mol. The van der Waals surface area contributed by atoms with Crippen molar-refractivity contribution in [2.24, 2.45) is 0 Å². The third-order valence-electron chi connectivity index (χ3n) is 4.63. The fourth-order valence-electron chi connectivity index (χ4n) is 3.14. The Bertz CT molecular complexity index is 1140. The van der Waals surface area contributed by atoms with Crippen LogP contribution in [0.1, 0.15) is 40.1 Å². The van der Waals surface area contributed by atoms with Gasteiger partial charge in [0.15, 0.2) is 9.84 Å². The summed E-state index contributed by atoms with van der Waals surface area (Å²) in [4.78, 5) is 24.9. The van der Waals surface area contributed by atoms with Crippen LogP contribution in [0.4, 0.5) is 0 Å². The summed E-state index contributed by atoms with van der Waals surface area (Å²) >= 11 is 0. The van der Waals surface area contributed by atoms with Crippen LogP contribution in [0, 0.1) is 0 Å². The van der Waals surface area contributed by atoms with Crippen molar-refractivity contribution in [1.29, 1.82) is 0 Å². The van der Waals surface area contributed by atoms with E-state index in [1.165, 1.54) is 12.1 Å². The van der Waals surface area contributed by atoms with Crippen LogP contribution in [-0.4, -0.2) is 27.0 Å². The van der Waals surface area contributed by atoms with E-state index in [1.54, 1.807) is 73.7 Å². The molecular formula is C25H24O6S. The summed E-state index contributed by atoms with van der Waals surface area (Å²) < 4.78 is 35.4. The maximum absolute atomic E-state index is 12.6. The van der Waals surface area contributed by atoms with Crippen LogP contribution in [0.3, 0.4) is 0 Å². The number of ether oxygens (including phenoxy) is 2. The summed E-state index contributed by atoms with van der Waals surface area (Å²) in [6.45, 7) is 1.83. The second kappa shape index (κ2) is 10.7. The lowest BCUT2D eigenvalue weighted by molar-refractivity contribution is -0.153. The first kappa shape index (κ1) is 23.2. The molecule has 0 saturated carbocycles. The molecule has 0 aliphatic heterocycles. The van der Waals surface area contributed by atoms with Gasteiger partial charge < -0.3 is 9.47 Å². The van der Waals surface area contributed by atoms with Crippen LogP contribution < -0.4 is 0 Å². The number of hydrogen-bond donors (Lipinski definition) is 0. The number of rotatable bonds is 9. The zero-order valence-electron chi connectivity index (χ0n) is 17.6. The average Bonchev–Trinajstić information content (AvgIpc) is 2.78. The number of hydrogen-bond acceptors (Lipinski definition) is 6. The summed E-state index contributed by atoms with van der Waals surface area (Å²) in [6.07, 6.45) is -1.19. The molecule has 0 bridgehead atoms. The molecule has 0 spiro atoms. The molecule has 32 heavy (non-hydrogen) atoms. The van der Waals surface area contributed by atoms with Crippen LogP contribution >= 0.6 is 0 Å². The van der Waals surface area contributed by atoms with E-state index in [1.807, 2.05) is 6.07 Å². The van der Waals surface area contributed by atoms with Gasteiger partial charge in [0, 0.05) is 5.56 Å². The quantitative estimate of drug-likeness (QED) is 0.451. The summed E-state index contributed by atoms with van der Waals surface area (Å²) in [7, 11) is -3.37. The van der Waals surface area contributed by atoms with Crippen molar-refractivity contribution in [3.8, 4) is 0 Å². The Balaban J connectivity index is 1.69. The van der Waals surface area contributed by atoms with E-state index in [0.717, 1.165) is 5.56 Å². The third-order valence-corrected chi connectivity index (χ3v) is 6.18. The molecule has 1 unspecified atom stereocenters. The third kappa shape index (κ3) is 6.52. The highest BCUT2D eigenvalue weighted by Crippen LogP contribution is 2.21. The van der Waals surface area contributed by atoms with Gasteiger partial charge in [0.2, 0.25) is 6.10 Å². The van der Waals surface area contributed by atoms with Crippen molar-refractivity contribution in [2.45, 2.75) is 24.5 Å². The molecule has 0 N–H and O–H groups in total. The zero-order chi connectivity index (χ0) is 23.0. The molecule has 7 heteroatoms. The van der Waals surface area contributed by atoms with Gasteiger partial charge in [-0.15, -0.1) is 0 Å². The summed E-state index contributed by atoms with van der Waals surface area (Å²) in [5, 5.41) is 0. The fourth-order valence-corrected chi connectivity index (χ4v) is 4.65. The molecule has 3 aromatic rings. The van der Waals surface area contributed by atoms with Crippen LogP contribution in [0.25, 0.3) is 0 Å². The van der Waals surface area contributed by atoms with Crippen molar-refractivity contribution in [2.75, 3.05) is 6.61 Å². The van der Waals surface area contributed by atoms with Gasteiger partial charge in [0.1, 0.15) is 0 Å². The number of benzene rings is 3. The Labute approximate surface area is 187 Å². The highest BCUT2D eigenvalue weighted by atomic mass is 32.2. The largest absolute Gasteiger partial charge is 0.463 e. The predicted octanol–water partition coefficient (Wildman–Crippen LogP) is 4.26. The number of carbonyl (C=O) groups is 2. The maximum atomic E-state index is 12.6. The molecular weight excluding hydrogens is 428 g/mol. The van der Waals surface area contributed by atoms with Crippen molar-refractivity contribution >= 4 is 21.8 Å². The minimum absolute atomic E-state index is 0.0596. The highest BCUT2D eigenvalue weighted by Gasteiger charge is 2.27. The van der Waals surface area contributed by atoms with E-state index in [0.29, 0.717) is 11.1 Å². The van der Waals surface area contributed by atoms with Crippen LogP contribution in [0.15, 0.2) is 84.9 Å². The first-order chi connectivity index (χ1) is 15.4. The molecule has 1 atom stereocenters. The normalized spacial score (nSPS) is 12.0. The fraction of sp³-hybridized carbons (Fsp3) is 0.200. The minimum Gasteiger partial charge on any atom is -0.463 e.